The molecule has 3 aromatic rings. The zero-order valence-electron chi connectivity index (χ0n) is 12.7. The molecular formula is C15H15N3O2S3. The van der Waals surface area contributed by atoms with Gasteiger partial charge in [0.1, 0.15) is 10.8 Å². The minimum absolute atomic E-state index is 0.588. The summed E-state index contributed by atoms with van der Waals surface area (Å²) in [6, 6.07) is 7.92. The molecule has 0 N–H and O–H groups in total. The van der Waals surface area contributed by atoms with Crippen molar-refractivity contribution in [2.24, 2.45) is 0 Å². The summed E-state index contributed by atoms with van der Waals surface area (Å²) in [6.45, 7) is 0. The highest BCUT2D eigenvalue weighted by Crippen LogP contribution is 2.29. The first-order chi connectivity index (χ1) is 11.3. The zero-order valence-corrected chi connectivity index (χ0v) is 15.1. The van der Waals surface area contributed by atoms with Gasteiger partial charge in [0, 0.05) is 16.7 Å². The maximum Gasteiger partial charge on any atom is 0.276 e. The summed E-state index contributed by atoms with van der Waals surface area (Å²) < 4.78 is 10.8. The molecular weight excluding hydrogens is 350 g/mol. The van der Waals surface area contributed by atoms with E-state index < -0.39 is 0 Å². The van der Waals surface area contributed by atoms with E-state index in [1.165, 1.54) is 11.8 Å². The second-order valence-corrected chi connectivity index (χ2v) is 7.21. The topological polar surface area (TPSA) is 61.0 Å². The molecule has 0 aliphatic carbocycles. The van der Waals surface area contributed by atoms with Crippen LogP contribution in [0.15, 0.2) is 39.3 Å². The van der Waals surface area contributed by atoms with Gasteiger partial charge in [-0.25, -0.2) is 4.98 Å². The molecule has 0 bridgehead atoms. The highest BCUT2D eigenvalue weighted by molar-refractivity contribution is 7.98. The predicted molar refractivity (Wildman–Crippen MR) is 95.2 cm³/mol. The third-order valence-electron chi connectivity index (χ3n) is 2.93. The fraction of sp³-hybridized carbons (Fsp3) is 0.267. The molecule has 120 valence electrons. The van der Waals surface area contributed by atoms with E-state index in [0.29, 0.717) is 16.9 Å². The molecule has 5 nitrogen and oxygen atoms in total. The molecule has 0 unspecified atom stereocenters. The largest absolute Gasteiger partial charge is 0.497 e. The first-order valence-electron chi connectivity index (χ1n) is 6.81. The summed E-state index contributed by atoms with van der Waals surface area (Å²) in [6.07, 6.45) is 2.01. The van der Waals surface area contributed by atoms with Crippen LogP contribution in [0, 0.1) is 0 Å². The van der Waals surface area contributed by atoms with Crippen LogP contribution in [0.25, 0.3) is 10.6 Å². The van der Waals surface area contributed by atoms with Crippen LogP contribution in [0.1, 0.15) is 11.6 Å². The molecule has 8 heteroatoms. The molecule has 0 saturated carbocycles. The molecule has 0 fully saturated rings. The molecule has 0 atom stereocenters. The van der Waals surface area contributed by atoms with Gasteiger partial charge in [0.15, 0.2) is 0 Å². The summed E-state index contributed by atoms with van der Waals surface area (Å²) >= 11 is 4.79. The first-order valence-corrected chi connectivity index (χ1v) is 10.1. The molecule has 23 heavy (non-hydrogen) atoms. The maximum atomic E-state index is 5.55. The van der Waals surface area contributed by atoms with Crippen molar-refractivity contribution in [2.75, 3.05) is 13.4 Å². The summed E-state index contributed by atoms with van der Waals surface area (Å²) in [5.74, 6) is 2.95. The number of hydrogen-bond acceptors (Lipinski definition) is 8. The van der Waals surface area contributed by atoms with Crippen LogP contribution in [0.2, 0.25) is 0 Å². The monoisotopic (exact) mass is 365 g/mol. The minimum atomic E-state index is 0.588. The van der Waals surface area contributed by atoms with Gasteiger partial charge in [-0.2, -0.15) is 11.8 Å². The Kier molecular flexibility index (Phi) is 5.58. The quantitative estimate of drug-likeness (QED) is 0.577. The van der Waals surface area contributed by atoms with Crippen LogP contribution in [-0.2, 0) is 11.5 Å². The van der Waals surface area contributed by atoms with Gasteiger partial charge in [0.25, 0.3) is 5.22 Å². The molecule has 0 saturated heterocycles. The summed E-state index contributed by atoms with van der Waals surface area (Å²) in [5.41, 5.74) is 2.06. The van der Waals surface area contributed by atoms with Crippen molar-refractivity contribution < 1.29 is 9.15 Å². The van der Waals surface area contributed by atoms with E-state index in [0.717, 1.165) is 27.8 Å². The maximum absolute atomic E-state index is 5.55. The lowest BCUT2D eigenvalue weighted by Crippen LogP contribution is -1.85. The molecule has 0 amide bonds. The Morgan fingerprint density at radius 3 is 3.00 bits per heavy atom. The van der Waals surface area contributed by atoms with Crippen LogP contribution < -0.4 is 4.74 Å². The molecule has 2 heterocycles. The summed E-state index contributed by atoms with van der Waals surface area (Å²) in [7, 11) is 1.67. The Morgan fingerprint density at radius 1 is 1.26 bits per heavy atom. The van der Waals surface area contributed by atoms with Gasteiger partial charge in [-0.1, -0.05) is 23.9 Å². The number of thiazole rings is 1. The normalized spacial score (nSPS) is 10.9. The third-order valence-corrected chi connectivity index (χ3v) is 5.26. The SMILES string of the molecule is COc1cccc(-c2nc(CSc3nnc(CSC)o3)cs2)c1. The molecule has 2 aromatic heterocycles. The Morgan fingerprint density at radius 2 is 2.17 bits per heavy atom. The smallest absolute Gasteiger partial charge is 0.276 e. The standard InChI is InChI=1S/C15H15N3O2S3/c1-19-12-5-3-4-10(6-12)14-16-11(7-22-14)8-23-15-18-17-13(20-15)9-21-2/h3-7H,8-9H2,1-2H3. The number of hydrogen-bond donors (Lipinski definition) is 0. The number of thioether (sulfide) groups is 2. The van der Waals surface area contributed by atoms with E-state index in [-0.39, 0.29) is 0 Å². The lowest BCUT2D eigenvalue weighted by Gasteiger charge is -2.01. The van der Waals surface area contributed by atoms with Crippen molar-refractivity contribution in [3.8, 4) is 16.3 Å². The number of benzene rings is 1. The lowest BCUT2D eigenvalue weighted by molar-refractivity contribution is 0.415. The third kappa shape index (κ3) is 4.27. The highest BCUT2D eigenvalue weighted by Gasteiger charge is 2.10. The van der Waals surface area contributed by atoms with Gasteiger partial charge in [-0.15, -0.1) is 21.5 Å². The van der Waals surface area contributed by atoms with Gasteiger partial charge in [-0.05, 0) is 18.4 Å². The van der Waals surface area contributed by atoms with E-state index in [1.807, 2.05) is 30.5 Å². The van der Waals surface area contributed by atoms with Crippen LogP contribution in [0.5, 0.6) is 5.75 Å². The van der Waals surface area contributed by atoms with Crippen LogP contribution in [0.4, 0.5) is 0 Å². The van der Waals surface area contributed by atoms with E-state index >= 15 is 0 Å². The Hall–Kier alpha value is -1.51. The molecule has 0 aliphatic rings. The first kappa shape index (κ1) is 16.4. The van der Waals surface area contributed by atoms with Gasteiger partial charge in [-0.3, -0.25) is 0 Å². The average molecular weight is 366 g/mol. The van der Waals surface area contributed by atoms with Crippen molar-refractivity contribution in [1.29, 1.82) is 0 Å². The van der Waals surface area contributed by atoms with E-state index in [9.17, 15) is 0 Å². The van der Waals surface area contributed by atoms with Gasteiger partial charge in [0.05, 0.1) is 18.6 Å². The van der Waals surface area contributed by atoms with Crippen LogP contribution >= 0.6 is 34.9 Å². The van der Waals surface area contributed by atoms with Gasteiger partial charge in [0.2, 0.25) is 5.89 Å². The fourth-order valence-electron chi connectivity index (χ4n) is 1.88. The zero-order chi connectivity index (χ0) is 16.1. The van der Waals surface area contributed by atoms with Crippen molar-refractivity contribution in [1.82, 2.24) is 15.2 Å². The Balaban J connectivity index is 1.64. The van der Waals surface area contributed by atoms with E-state index in [4.69, 9.17) is 9.15 Å². The molecule has 1 aromatic carbocycles. The number of nitrogens with zero attached hydrogens (tertiary/aromatic N) is 3. The predicted octanol–water partition coefficient (Wildman–Crippen LogP) is 4.36. The van der Waals surface area contributed by atoms with Gasteiger partial charge >= 0.3 is 0 Å². The number of rotatable bonds is 7. The van der Waals surface area contributed by atoms with Crippen molar-refractivity contribution in [3.63, 3.8) is 0 Å². The number of ether oxygens (including phenoxy) is 1. The average Bonchev–Trinajstić information content (AvgIpc) is 3.23. The van der Waals surface area contributed by atoms with Crippen LogP contribution in [-0.4, -0.2) is 28.5 Å². The van der Waals surface area contributed by atoms with Crippen molar-refractivity contribution in [3.05, 3.63) is 41.2 Å². The van der Waals surface area contributed by atoms with Crippen molar-refractivity contribution in [2.45, 2.75) is 16.7 Å². The lowest BCUT2D eigenvalue weighted by atomic mass is 10.2. The fourth-order valence-corrected chi connectivity index (χ4v) is 3.83. The Bertz CT molecular complexity index is 773. The Labute approximate surface area is 146 Å². The van der Waals surface area contributed by atoms with Gasteiger partial charge < -0.3 is 9.15 Å². The number of methoxy groups -OCH3 is 1. The second kappa shape index (κ2) is 7.85. The highest BCUT2D eigenvalue weighted by atomic mass is 32.2. The second-order valence-electron chi connectivity index (χ2n) is 4.56. The molecule has 0 aliphatic heterocycles. The van der Waals surface area contributed by atoms with E-state index in [1.54, 1.807) is 30.2 Å². The van der Waals surface area contributed by atoms with Crippen LogP contribution in [0.3, 0.4) is 0 Å². The summed E-state index contributed by atoms with van der Waals surface area (Å²) in [4.78, 5) is 4.66. The molecule has 3 rings (SSSR count). The number of aromatic nitrogens is 3. The molecule has 0 radical (unpaired) electrons. The van der Waals surface area contributed by atoms with E-state index in [2.05, 4.69) is 20.6 Å². The minimum Gasteiger partial charge on any atom is -0.497 e. The van der Waals surface area contributed by atoms with Crippen molar-refractivity contribution >= 4 is 34.9 Å². The molecule has 0 spiro atoms. The summed E-state index contributed by atoms with van der Waals surface area (Å²) in [5, 5.41) is 11.7.